The zero-order chi connectivity index (χ0) is 18.9. The van der Waals surface area contributed by atoms with Crippen LogP contribution in [0.5, 0.6) is 0 Å². The van der Waals surface area contributed by atoms with Crippen molar-refractivity contribution in [2.24, 2.45) is 11.8 Å². The van der Waals surface area contributed by atoms with Gasteiger partial charge in [-0.1, -0.05) is 89.8 Å². The molecule has 1 saturated carbocycles. The topological polar surface area (TPSA) is 0 Å². The van der Waals surface area contributed by atoms with Crippen molar-refractivity contribution in [1.29, 1.82) is 0 Å². The SMILES string of the molecule is CCCCCCCC1CCC(c2ccc3c(c2)CCC(CCCC)C3)CC1. The highest BCUT2D eigenvalue weighted by Crippen LogP contribution is 2.39. The number of rotatable bonds is 10. The van der Waals surface area contributed by atoms with Crippen molar-refractivity contribution in [2.75, 3.05) is 0 Å². The smallest absolute Gasteiger partial charge is 0.0162 e. The fourth-order valence-corrected chi connectivity index (χ4v) is 5.66. The molecule has 3 rings (SSSR count). The third kappa shape index (κ3) is 6.37. The maximum absolute atomic E-state index is 2.61. The van der Waals surface area contributed by atoms with Gasteiger partial charge in [-0.2, -0.15) is 0 Å². The molecule has 0 nitrogen and oxygen atoms in total. The summed E-state index contributed by atoms with van der Waals surface area (Å²) in [7, 11) is 0. The number of benzene rings is 1. The zero-order valence-corrected chi connectivity index (χ0v) is 18.3. The van der Waals surface area contributed by atoms with Crippen LogP contribution < -0.4 is 0 Å². The van der Waals surface area contributed by atoms with Crippen LogP contribution in [0.3, 0.4) is 0 Å². The van der Waals surface area contributed by atoms with Gasteiger partial charge in [0.25, 0.3) is 0 Å². The number of fused-ring (bicyclic) bond motifs is 1. The number of aryl methyl sites for hydroxylation is 1. The molecular formula is C27H44. The highest BCUT2D eigenvalue weighted by Gasteiger charge is 2.24. The largest absolute Gasteiger partial charge is 0.0654 e. The molecule has 1 fully saturated rings. The first-order chi connectivity index (χ1) is 13.3. The lowest BCUT2D eigenvalue weighted by Gasteiger charge is -2.30. The molecule has 0 spiro atoms. The van der Waals surface area contributed by atoms with Crippen molar-refractivity contribution < 1.29 is 0 Å². The Kier molecular flexibility index (Phi) is 8.75. The summed E-state index contributed by atoms with van der Waals surface area (Å²) >= 11 is 0. The second-order valence-corrected chi connectivity index (χ2v) is 9.70. The molecular weight excluding hydrogens is 324 g/mol. The average molecular weight is 369 g/mol. The van der Waals surface area contributed by atoms with E-state index in [4.69, 9.17) is 0 Å². The summed E-state index contributed by atoms with van der Waals surface area (Å²) in [4.78, 5) is 0. The van der Waals surface area contributed by atoms with Crippen LogP contribution in [0.15, 0.2) is 18.2 Å². The molecule has 1 aromatic rings. The van der Waals surface area contributed by atoms with Crippen LogP contribution in [0.2, 0.25) is 0 Å². The molecule has 0 saturated heterocycles. The molecule has 0 N–H and O–H groups in total. The summed E-state index contributed by atoms with van der Waals surface area (Å²) in [5, 5.41) is 0. The van der Waals surface area contributed by atoms with E-state index < -0.39 is 0 Å². The van der Waals surface area contributed by atoms with Crippen molar-refractivity contribution in [1.82, 2.24) is 0 Å². The Hall–Kier alpha value is -0.780. The summed E-state index contributed by atoms with van der Waals surface area (Å²) in [6, 6.07) is 7.61. The van der Waals surface area contributed by atoms with E-state index in [1.54, 1.807) is 16.7 Å². The van der Waals surface area contributed by atoms with E-state index in [9.17, 15) is 0 Å². The van der Waals surface area contributed by atoms with E-state index >= 15 is 0 Å². The minimum absolute atomic E-state index is 0.851. The molecule has 152 valence electrons. The van der Waals surface area contributed by atoms with Crippen LogP contribution in [-0.2, 0) is 12.8 Å². The summed E-state index contributed by atoms with van der Waals surface area (Å²) in [5.74, 6) is 2.83. The van der Waals surface area contributed by atoms with Gasteiger partial charge in [0.05, 0.1) is 0 Å². The number of unbranched alkanes of at least 4 members (excludes halogenated alkanes) is 5. The summed E-state index contributed by atoms with van der Waals surface area (Å²) < 4.78 is 0. The van der Waals surface area contributed by atoms with Gasteiger partial charge >= 0.3 is 0 Å². The molecule has 0 bridgehead atoms. The Bertz CT molecular complexity index is 535. The third-order valence-electron chi connectivity index (χ3n) is 7.56. The first-order valence-corrected chi connectivity index (χ1v) is 12.4. The van der Waals surface area contributed by atoms with Crippen LogP contribution in [-0.4, -0.2) is 0 Å². The van der Waals surface area contributed by atoms with E-state index in [0.29, 0.717) is 0 Å². The quantitative estimate of drug-likeness (QED) is 0.362. The lowest BCUT2D eigenvalue weighted by Crippen LogP contribution is -2.16. The maximum atomic E-state index is 2.61. The van der Waals surface area contributed by atoms with Crippen LogP contribution >= 0.6 is 0 Å². The van der Waals surface area contributed by atoms with E-state index in [-0.39, 0.29) is 0 Å². The second kappa shape index (κ2) is 11.3. The van der Waals surface area contributed by atoms with Gasteiger partial charge in [-0.15, -0.1) is 0 Å². The molecule has 1 atom stereocenters. The summed E-state index contributed by atoms with van der Waals surface area (Å²) in [6.45, 7) is 4.64. The van der Waals surface area contributed by atoms with Gasteiger partial charge in [0.15, 0.2) is 0 Å². The molecule has 2 aliphatic carbocycles. The average Bonchev–Trinajstić information content (AvgIpc) is 2.72. The van der Waals surface area contributed by atoms with Gasteiger partial charge in [0, 0.05) is 0 Å². The van der Waals surface area contributed by atoms with Crippen LogP contribution in [0.25, 0.3) is 0 Å². The van der Waals surface area contributed by atoms with E-state index in [1.807, 2.05) is 0 Å². The van der Waals surface area contributed by atoms with Crippen molar-refractivity contribution in [3.8, 4) is 0 Å². The molecule has 0 heterocycles. The second-order valence-electron chi connectivity index (χ2n) is 9.70. The summed E-state index contributed by atoms with van der Waals surface area (Å²) in [6.07, 6.45) is 22.9. The molecule has 1 aromatic carbocycles. The molecule has 0 heteroatoms. The molecule has 2 aliphatic rings. The van der Waals surface area contributed by atoms with E-state index in [0.717, 1.165) is 17.8 Å². The van der Waals surface area contributed by atoms with Gasteiger partial charge in [-0.05, 0) is 79.4 Å². The maximum Gasteiger partial charge on any atom is -0.0162 e. The van der Waals surface area contributed by atoms with Crippen LogP contribution in [0.4, 0.5) is 0 Å². The number of hydrogen-bond acceptors (Lipinski definition) is 0. The monoisotopic (exact) mass is 368 g/mol. The van der Waals surface area contributed by atoms with E-state index in [2.05, 4.69) is 32.0 Å². The Morgan fingerprint density at radius 1 is 0.704 bits per heavy atom. The fourth-order valence-electron chi connectivity index (χ4n) is 5.66. The summed E-state index contributed by atoms with van der Waals surface area (Å²) in [5.41, 5.74) is 5.03. The Morgan fingerprint density at radius 2 is 1.44 bits per heavy atom. The molecule has 0 radical (unpaired) electrons. The molecule has 0 amide bonds. The predicted molar refractivity (Wildman–Crippen MR) is 120 cm³/mol. The van der Waals surface area contributed by atoms with Gasteiger partial charge < -0.3 is 0 Å². The molecule has 27 heavy (non-hydrogen) atoms. The van der Waals surface area contributed by atoms with Gasteiger partial charge in [-0.25, -0.2) is 0 Å². The minimum atomic E-state index is 0.851. The zero-order valence-electron chi connectivity index (χ0n) is 18.3. The minimum Gasteiger partial charge on any atom is -0.0654 e. The molecule has 0 aromatic heterocycles. The first kappa shape index (κ1) is 20.9. The van der Waals surface area contributed by atoms with Gasteiger partial charge in [0.1, 0.15) is 0 Å². The lowest BCUT2D eigenvalue weighted by molar-refractivity contribution is 0.301. The van der Waals surface area contributed by atoms with Crippen LogP contribution in [0, 0.1) is 11.8 Å². The molecule has 1 unspecified atom stereocenters. The normalized spacial score (nSPS) is 25.3. The van der Waals surface area contributed by atoms with Crippen molar-refractivity contribution in [2.45, 2.75) is 122 Å². The third-order valence-corrected chi connectivity index (χ3v) is 7.56. The highest BCUT2D eigenvalue weighted by molar-refractivity contribution is 5.36. The molecule has 0 aliphatic heterocycles. The first-order valence-electron chi connectivity index (χ1n) is 12.4. The Morgan fingerprint density at radius 3 is 2.22 bits per heavy atom. The highest BCUT2D eigenvalue weighted by atomic mass is 14.3. The number of hydrogen-bond donors (Lipinski definition) is 0. The van der Waals surface area contributed by atoms with Crippen molar-refractivity contribution in [3.63, 3.8) is 0 Å². The Labute approximate surface area is 169 Å². The van der Waals surface area contributed by atoms with Crippen molar-refractivity contribution >= 4 is 0 Å². The van der Waals surface area contributed by atoms with E-state index in [1.165, 1.54) is 103 Å². The Balaban J connectivity index is 1.44. The van der Waals surface area contributed by atoms with Gasteiger partial charge in [-0.3, -0.25) is 0 Å². The fraction of sp³-hybridized carbons (Fsp3) is 0.778. The predicted octanol–water partition coefficient (Wildman–Crippen LogP) is 8.62. The lowest BCUT2D eigenvalue weighted by atomic mass is 9.75. The van der Waals surface area contributed by atoms with Crippen molar-refractivity contribution in [3.05, 3.63) is 34.9 Å². The standard InChI is InChI=1S/C27H44/c1-3-5-7-8-9-11-22-12-15-24(16-13-22)26-19-18-25-20-23(10-6-4-2)14-17-27(25)21-26/h18-19,21-24H,3-17,20H2,1-2H3. The van der Waals surface area contributed by atoms with Gasteiger partial charge in [0.2, 0.25) is 0 Å². The van der Waals surface area contributed by atoms with Crippen LogP contribution in [0.1, 0.15) is 126 Å².